The van der Waals surface area contributed by atoms with Gasteiger partial charge in [0.2, 0.25) is 0 Å². The Balaban J connectivity index is 1.53. The molecule has 5 rings (SSSR count). The molecule has 5 saturated carbocycles. The summed E-state index contributed by atoms with van der Waals surface area (Å²) in [5, 5.41) is 10.6. The van der Waals surface area contributed by atoms with Gasteiger partial charge in [-0.15, -0.1) is 0 Å². The van der Waals surface area contributed by atoms with Crippen LogP contribution in [0.1, 0.15) is 126 Å². The Morgan fingerprint density at radius 3 is 1.69 bits per heavy atom. The first-order valence-electron chi connectivity index (χ1n) is 14.8. The van der Waals surface area contributed by atoms with Gasteiger partial charge in [-0.3, -0.25) is 9.59 Å². The summed E-state index contributed by atoms with van der Waals surface area (Å²) in [6, 6.07) is 0. The molecule has 3 nitrogen and oxygen atoms in total. The third-order valence-electron chi connectivity index (χ3n) is 14.0. The van der Waals surface area contributed by atoms with Crippen molar-refractivity contribution in [2.24, 2.45) is 62.1 Å². The molecule has 9 unspecified atom stereocenters. The third-order valence-corrected chi connectivity index (χ3v) is 14.0. The van der Waals surface area contributed by atoms with E-state index in [-0.39, 0.29) is 33.0 Å². The lowest BCUT2D eigenvalue weighted by Crippen LogP contribution is -2.67. The minimum atomic E-state index is -0.509. The minimum absolute atomic E-state index is 0.0688. The number of carboxylic acid groups (broad SMARTS) is 1. The van der Waals surface area contributed by atoms with Crippen molar-refractivity contribution in [3.8, 4) is 0 Å². The highest BCUT2D eigenvalue weighted by molar-refractivity contribution is 5.79. The van der Waals surface area contributed by atoms with Crippen LogP contribution in [-0.4, -0.2) is 16.9 Å². The molecule has 0 aromatic rings. The molecule has 0 amide bonds. The molecule has 0 bridgehead atoms. The molecule has 0 aromatic heterocycles. The van der Waals surface area contributed by atoms with Crippen LogP contribution >= 0.6 is 0 Å². The van der Waals surface area contributed by atoms with Gasteiger partial charge in [0, 0.05) is 5.92 Å². The number of Topliss-reactive ketones (excluding diaryl/α,β-unsaturated/α-hetero) is 1. The van der Waals surface area contributed by atoms with Gasteiger partial charge < -0.3 is 5.11 Å². The fraction of sp³-hybridized carbons (Fsp3) is 0.938. The smallest absolute Gasteiger partial charge is 0.309 e. The molecule has 3 heteroatoms. The SMILES string of the molecule is CC(=O)C1CCC2(C)C(CCC3(C)C4CCC5(C(=O)O)CCC(C)(C)CC5C4(C)CCC23)C1(C)C. The second kappa shape index (κ2) is 7.59. The number of ketones is 1. The molecule has 9 atom stereocenters. The van der Waals surface area contributed by atoms with E-state index in [9.17, 15) is 14.7 Å². The lowest BCUT2D eigenvalue weighted by atomic mass is 9.32. The van der Waals surface area contributed by atoms with E-state index in [2.05, 4.69) is 48.5 Å². The lowest BCUT2D eigenvalue weighted by Gasteiger charge is -2.72. The maximum absolute atomic E-state index is 12.9. The van der Waals surface area contributed by atoms with Crippen molar-refractivity contribution in [2.45, 2.75) is 126 Å². The Hall–Kier alpha value is -0.860. The molecule has 0 aliphatic heterocycles. The van der Waals surface area contributed by atoms with Crippen molar-refractivity contribution in [1.82, 2.24) is 0 Å². The minimum Gasteiger partial charge on any atom is -0.481 e. The highest BCUT2D eigenvalue weighted by Gasteiger charge is 2.70. The average molecular weight is 485 g/mol. The molecule has 198 valence electrons. The number of fused-ring (bicyclic) bond motifs is 7. The molecule has 0 saturated heterocycles. The molecule has 5 aliphatic rings. The van der Waals surface area contributed by atoms with E-state index in [1.807, 2.05) is 6.92 Å². The standard InChI is InChI=1S/C32H52O3/c1-20(33)21-9-13-29(6)22(28(21,4)5)10-14-30(7)23(29)11-15-31(8)24(30)12-16-32(26(34)35)18-17-27(2,3)19-25(31)32/h21-25H,9-19H2,1-8H3,(H,34,35). The number of carboxylic acids is 1. The second-order valence-corrected chi connectivity index (χ2v) is 16.2. The number of rotatable bonds is 2. The summed E-state index contributed by atoms with van der Waals surface area (Å²) in [7, 11) is 0. The molecule has 0 radical (unpaired) electrons. The van der Waals surface area contributed by atoms with Crippen LogP contribution in [0.3, 0.4) is 0 Å². The Labute approximate surface area is 214 Å². The molecule has 0 heterocycles. The van der Waals surface area contributed by atoms with Crippen molar-refractivity contribution < 1.29 is 14.7 Å². The topological polar surface area (TPSA) is 54.4 Å². The summed E-state index contributed by atoms with van der Waals surface area (Å²) in [5.74, 6) is 2.29. The van der Waals surface area contributed by atoms with Gasteiger partial charge in [-0.2, -0.15) is 0 Å². The maximum atomic E-state index is 12.9. The summed E-state index contributed by atoms with van der Waals surface area (Å²) in [4.78, 5) is 25.5. The zero-order valence-electron chi connectivity index (χ0n) is 23.9. The first-order chi connectivity index (χ1) is 16.0. The molecule has 5 fully saturated rings. The lowest BCUT2D eigenvalue weighted by molar-refractivity contribution is -0.243. The van der Waals surface area contributed by atoms with Crippen molar-refractivity contribution >= 4 is 11.8 Å². The number of hydrogen-bond donors (Lipinski definition) is 1. The number of carbonyl (C=O) groups is 2. The Kier molecular flexibility index (Phi) is 5.59. The average Bonchev–Trinajstić information content (AvgIpc) is 2.72. The fourth-order valence-electron chi connectivity index (χ4n) is 12.4. The normalized spacial score (nSPS) is 52.3. The quantitative estimate of drug-likeness (QED) is 0.430. The van der Waals surface area contributed by atoms with E-state index >= 15 is 0 Å². The zero-order chi connectivity index (χ0) is 25.8. The van der Waals surface area contributed by atoms with Gasteiger partial charge in [-0.25, -0.2) is 0 Å². The van der Waals surface area contributed by atoms with E-state index in [1.165, 1.54) is 32.1 Å². The monoisotopic (exact) mass is 484 g/mol. The van der Waals surface area contributed by atoms with Crippen LogP contribution in [0.2, 0.25) is 0 Å². The summed E-state index contributed by atoms with van der Waals surface area (Å²) in [6.45, 7) is 19.1. The van der Waals surface area contributed by atoms with Gasteiger partial charge in [-0.1, -0.05) is 48.5 Å². The number of carbonyl (C=O) groups excluding carboxylic acids is 1. The van der Waals surface area contributed by atoms with Crippen molar-refractivity contribution in [3.63, 3.8) is 0 Å². The van der Waals surface area contributed by atoms with Crippen molar-refractivity contribution in [2.75, 3.05) is 0 Å². The van der Waals surface area contributed by atoms with E-state index < -0.39 is 11.4 Å². The van der Waals surface area contributed by atoms with Gasteiger partial charge in [0.05, 0.1) is 5.41 Å². The summed E-state index contributed by atoms with van der Waals surface area (Å²) >= 11 is 0. The molecule has 0 spiro atoms. The summed E-state index contributed by atoms with van der Waals surface area (Å²) < 4.78 is 0. The predicted molar refractivity (Wildman–Crippen MR) is 141 cm³/mol. The maximum Gasteiger partial charge on any atom is 0.309 e. The summed E-state index contributed by atoms with van der Waals surface area (Å²) in [6.07, 6.45) is 12.1. The molecule has 0 aromatic carbocycles. The number of hydrogen-bond acceptors (Lipinski definition) is 2. The van der Waals surface area contributed by atoms with Crippen LogP contribution in [0.4, 0.5) is 0 Å². The van der Waals surface area contributed by atoms with Gasteiger partial charge in [0.15, 0.2) is 0 Å². The molecular weight excluding hydrogens is 432 g/mol. The van der Waals surface area contributed by atoms with Gasteiger partial charge in [0.1, 0.15) is 5.78 Å². The van der Waals surface area contributed by atoms with Crippen molar-refractivity contribution in [3.05, 3.63) is 0 Å². The molecule has 1 N–H and O–H groups in total. The van der Waals surface area contributed by atoms with Crippen LogP contribution in [0, 0.1) is 62.1 Å². The van der Waals surface area contributed by atoms with Crippen LogP contribution < -0.4 is 0 Å². The largest absolute Gasteiger partial charge is 0.481 e. The van der Waals surface area contributed by atoms with E-state index in [4.69, 9.17) is 0 Å². The predicted octanol–water partition coefficient (Wildman–Crippen LogP) is 8.16. The molecule has 5 aliphatic carbocycles. The number of aliphatic carboxylic acids is 1. The Morgan fingerprint density at radius 2 is 1.11 bits per heavy atom. The summed E-state index contributed by atoms with van der Waals surface area (Å²) in [5.41, 5.74) is 0.492. The Bertz CT molecular complexity index is 918. The van der Waals surface area contributed by atoms with Crippen LogP contribution in [0.25, 0.3) is 0 Å². The first kappa shape index (κ1) is 25.8. The Morgan fingerprint density at radius 1 is 0.629 bits per heavy atom. The van der Waals surface area contributed by atoms with Gasteiger partial charge >= 0.3 is 5.97 Å². The van der Waals surface area contributed by atoms with E-state index in [0.29, 0.717) is 29.5 Å². The highest BCUT2D eigenvalue weighted by atomic mass is 16.4. The van der Waals surface area contributed by atoms with Crippen LogP contribution in [0.15, 0.2) is 0 Å². The zero-order valence-corrected chi connectivity index (χ0v) is 23.9. The first-order valence-corrected chi connectivity index (χ1v) is 14.8. The molecule has 35 heavy (non-hydrogen) atoms. The highest BCUT2D eigenvalue weighted by Crippen LogP contribution is 2.76. The molecular formula is C32H52O3. The van der Waals surface area contributed by atoms with Crippen LogP contribution in [0.5, 0.6) is 0 Å². The van der Waals surface area contributed by atoms with Crippen LogP contribution in [-0.2, 0) is 9.59 Å². The van der Waals surface area contributed by atoms with Crippen molar-refractivity contribution in [1.29, 1.82) is 0 Å². The van der Waals surface area contributed by atoms with Gasteiger partial charge in [0.25, 0.3) is 0 Å². The van der Waals surface area contributed by atoms with E-state index in [1.54, 1.807) is 0 Å². The van der Waals surface area contributed by atoms with E-state index in [0.717, 1.165) is 38.5 Å². The fourth-order valence-corrected chi connectivity index (χ4v) is 12.4. The third kappa shape index (κ3) is 3.27. The second-order valence-electron chi connectivity index (χ2n) is 16.2. The van der Waals surface area contributed by atoms with Gasteiger partial charge in [-0.05, 0) is 128 Å².